The molecule has 0 bridgehead atoms. The molecular weight excluding hydrogens is 416 g/mol. The van der Waals surface area contributed by atoms with Gasteiger partial charge in [0.2, 0.25) is 5.89 Å². The summed E-state index contributed by atoms with van der Waals surface area (Å²) in [4.78, 5) is 22.0. The first-order chi connectivity index (χ1) is 16.1. The number of rotatable bonds is 5. The lowest BCUT2D eigenvalue weighted by Gasteiger charge is -2.34. The van der Waals surface area contributed by atoms with E-state index in [0.29, 0.717) is 42.4 Å². The van der Waals surface area contributed by atoms with Crippen LogP contribution in [-0.4, -0.2) is 52.0 Å². The minimum atomic E-state index is -0.00385. The second kappa shape index (κ2) is 9.03. The highest BCUT2D eigenvalue weighted by Gasteiger charge is 2.25. The summed E-state index contributed by atoms with van der Waals surface area (Å²) in [6, 6.07) is 17.6. The summed E-state index contributed by atoms with van der Waals surface area (Å²) < 4.78 is 11.4. The Morgan fingerprint density at radius 2 is 1.76 bits per heavy atom. The van der Waals surface area contributed by atoms with Crippen molar-refractivity contribution in [3.05, 3.63) is 83.4 Å². The average Bonchev–Trinajstić information content (AvgIpc) is 3.49. The van der Waals surface area contributed by atoms with Gasteiger partial charge in [0.1, 0.15) is 0 Å². The Kier molecular flexibility index (Phi) is 5.79. The maximum atomic E-state index is 13.4. The van der Waals surface area contributed by atoms with Crippen LogP contribution in [0.3, 0.4) is 0 Å². The van der Waals surface area contributed by atoms with Gasteiger partial charge in [0.15, 0.2) is 11.5 Å². The number of carbonyl (C=O) groups is 1. The maximum absolute atomic E-state index is 13.4. The zero-order chi connectivity index (χ0) is 22.8. The largest absolute Gasteiger partial charge is 0.436 e. The van der Waals surface area contributed by atoms with E-state index in [1.165, 1.54) is 5.56 Å². The van der Waals surface area contributed by atoms with Crippen LogP contribution in [0.5, 0.6) is 0 Å². The van der Waals surface area contributed by atoms with Crippen LogP contribution in [0.15, 0.2) is 69.7 Å². The summed E-state index contributed by atoms with van der Waals surface area (Å²) in [5.74, 6) is 1.99. The van der Waals surface area contributed by atoms with Crippen molar-refractivity contribution in [3.63, 3.8) is 0 Å². The molecule has 0 N–H and O–H groups in total. The number of aromatic nitrogens is 2. The van der Waals surface area contributed by atoms with E-state index in [1.807, 2.05) is 73.3 Å². The molecule has 1 fully saturated rings. The Bertz CT molecular complexity index is 1250. The van der Waals surface area contributed by atoms with E-state index in [0.717, 1.165) is 30.1 Å². The third-order valence-corrected chi connectivity index (χ3v) is 5.95. The maximum Gasteiger partial charge on any atom is 0.254 e. The van der Waals surface area contributed by atoms with Crippen LogP contribution in [-0.2, 0) is 6.54 Å². The van der Waals surface area contributed by atoms with Crippen molar-refractivity contribution in [2.45, 2.75) is 20.4 Å². The van der Waals surface area contributed by atoms with E-state index >= 15 is 0 Å². The molecule has 1 amide bonds. The molecule has 0 unspecified atom stereocenters. The molecule has 1 aliphatic heterocycles. The molecule has 7 nitrogen and oxygen atoms in total. The second-order valence-electron chi connectivity index (χ2n) is 8.44. The van der Waals surface area contributed by atoms with Crippen molar-refractivity contribution in [2.75, 3.05) is 26.2 Å². The lowest BCUT2D eigenvalue weighted by atomic mass is 10.1. The molecule has 5 rings (SSSR count). The summed E-state index contributed by atoms with van der Waals surface area (Å²) in [6.45, 7) is 7.54. The van der Waals surface area contributed by atoms with E-state index in [2.05, 4.69) is 15.0 Å². The number of hydrogen-bond donors (Lipinski definition) is 0. The fourth-order valence-electron chi connectivity index (χ4n) is 4.10. The van der Waals surface area contributed by atoms with Gasteiger partial charge in [-0.1, -0.05) is 47.1 Å². The van der Waals surface area contributed by atoms with Gasteiger partial charge in [-0.25, -0.2) is 4.98 Å². The highest BCUT2D eigenvalue weighted by atomic mass is 16.5. The first-order valence-electron chi connectivity index (χ1n) is 11.1. The van der Waals surface area contributed by atoms with Crippen LogP contribution in [0.2, 0.25) is 0 Å². The van der Waals surface area contributed by atoms with Crippen molar-refractivity contribution in [1.29, 1.82) is 0 Å². The fraction of sp³-hybridized carbons (Fsp3) is 0.269. The number of aryl methyl sites for hydroxylation is 2. The quantitative estimate of drug-likeness (QED) is 0.451. The van der Waals surface area contributed by atoms with Gasteiger partial charge in [0.25, 0.3) is 5.91 Å². The van der Waals surface area contributed by atoms with Crippen molar-refractivity contribution in [1.82, 2.24) is 19.9 Å². The Balaban J connectivity index is 1.30. The molecule has 0 atom stereocenters. The van der Waals surface area contributed by atoms with Crippen LogP contribution in [0, 0.1) is 13.8 Å². The highest BCUT2D eigenvalue weighted by Crippen LogP contribution is 2.29. The molecule has 2 aromatic carbocycles. The molecule has 0 radical (unpaired) electrons. The van der Waals surface area contributed by atoms with Gasteiger partial charge in [-0.05, 0) is 26.0 Å². The first kappa shape index (κ1) is 21.2. The number of hydrogen-bond acceptors (Lipinski definition) is 6. The predicted molar refractivity (Wildman–Crippen MR) is 125 cm³/mol. The standard InChI is InChI=1S/C26H26N4O3/c1-18-7-9-20(10-8-18)24-16-27-25(32-24)22-5-3-4-6-23(22)26(31)30-13-11-29(12-14-30)17-21-15-19(2)28-33-21/h3-10,15-16H,11-14,17H2,1-2H3. The fourth-order valence-corrected chi connectivity index (χ4v) is 4.10. The van der Waals surface area contributed by atoms with Gasteiger partial charge in [-0.15, -0.1) is 0 Å². The number of amides is 1. The van der Waals surface area contributed by atoms with Crippen LogP contribution < -0.4 is 0 Å². The average molecular weight is 443 g/mol. The molecule has 168 valence electrons. The summed E-state index contributed by atoms with van der Waals surface area (Å²) in [7, 11) is 0. The molecular formula is C26H26N4O3. The van der Waals surface area contributed by atoms with Gasteiger partial charge < -0.3 is 13.8 Å². The summed E-state index contributed by atoms with van der Waals surface area (Å²) in [5, 5.41) is 3.95. The molecule has 0 saturated carbocycles. The normalized spacial score (nSPS) is 14.5. The summed E-state index contributed by atoms with van der Waals surface area (Å²) in [6.07, 6.45) is 1.71. The van der Waals surface area contributed by atoms with E-state index in [-0.39, 0.29) is 5.91 Å². The van der Waals surface area contributed by atoms with Crippen LogP contribution in [0.1, 0.15) is 27.4 Å². The van der Waals surface area contributed by atoms with Crippen molar-refractivity contribution in [3.8, 4) is 22.8 Å². The second-order valence-corrected chi connectivity index (χ2v) is 8.44. The third-order valence-electron chi connectivity index (χ3n) is 5.95. The number of oxazole rings is 1. The zero-order valence-corrected chi connectivity index (χ0v) is 18.8. The zero-order valence-electron chi connectivity index (χ0n) is 18.8. The minimum absolute atomic E-state index is 0.00385. The topological polar surface area (TPSA) is 75.6 Å². The van der Waals surface area contributed by atoms with Crippen LogP contribution >= 0.6 is 0 Å². The lowest BCUT2D eigenvalue weighted by Crippen LogP contribution is -2.48. The van der Waals surface area contributed by atoms with Gasteiger partial charge in [0, 0.05) is 43.4 Å². The highest BCUT2D eigenvalue weighted by molar-refractivity contribution is 6.00. The molecule has 0 aliphatic carbocycles. The van der Waals surface area contributed by atoms with E-state index < -0.39 is 0 Å². The Morgan fingerprint density at radius 1 is 1.00 bits per heavy atom. The lowest BCUT2D eigenvalue weighted by molar-refractivity contribution is 0.0618. The molecule has 2 aromatic heterocycles. The molecule has 3 heterocycles. The van der Waals surface area contributed by atoms with Gasteiger partial charge in [0.05, 0.1) is 24.0 Å². The van der Waals surface area contributed by atoms with Crippen molar-refractivity contribution >= 4 is 5.91 Å². The molecule has 33 heavy (non-hydrogen) atoms. The van der Waals surface area contributed by atoms with E-state index in [9.17, 15) is 4.79 Å². The number of benzene rings is 2. The molecule has 1 saturated heterocycles. The monoisotopic (exact) mass is 442 g/mol. The Labute approximate surface area is 192 Å². The van der Waals surface area contributed by atoms with Gasteiger partial charge in [-0.2, -0.15) is 0 Å². The van der Waals surface area contributed by atoms with E-state index in [4.69, 9.17) is 8.94 Å². The van der Waals surface area contributed by atoms with Gasteiger partial charge >= 0.3 is 0 Å². The molecule has 4 aromatic rings. The summed E-state index contributed by atoms with van der Waals surface area (Å²) in [5.41, 5.74) is 4.34. The van der Waals surface area contributed by atoms with Crippen LogP contribution in [0.4, 0.5) is 0 Å². The number of nitrogens with zero attached hydrogens (tertiary/aromatic N) is 4. The van der Waals surface area contributed by atoms with Crippen molar-refractivity contribution < 1.29 is 13.7 Å². The number of piperazine rings is 1. The van der Waals surface area contributed by atoms with Crippen molar-refractivity contribution in [2.24, 2.45) is 0 Å². The third kappa shape index (κ3) is 4.59. The predicted octanol–water partition coefficient (Wildman–Crippen LogP) is 4.57. The molecule has 0 spiro atoms. The SMILES string of the molecule is Cc1ccc(-c2cnc(-c3ccccc3C(=O)N3CCN(Cc4cc(C)no4)CC3)o2)cc1. The smallest absolute Gasteiger partial charge is 0.254 e. The van der Waals surface area contributed by atoms with E-state index in [1.54, 1.807) is 6.20 Å². The first-order valence-corrected chi connectivity index (χ1v) is 11.1. The Morgan fingerprint density at radius 3 is 2.48 bits per heavy atom. The summed E-state index contributed by atoms with van der Waals surface area (Å²) >= 11 is 0. The van der Waals surface area contributed by atoms with Gasteiger partial charge in [-0.3, -0.25) is 9.69 Å². The minimum Gasteiger partial charge on any atom is -0.436 e. The number of carbonyl (C=O) groups excluding carboxylic acids is 1. The Hall–Kier alpha value is -3.71. The molecule has 7 heteroatoms. The van der Waals surface area contributed by atoms with Crippen LogP contribution in [0.25, 0.3) is 22.8 Å². The molecule has 1 aliphatic rings.